The first-order valence-electron chi connectivity index (χ1n) is 4.57. The molecular formula is C8H16OSi. The smallest absolute Gasteiger partial charge is 0.0869 e. The summed E-state index contributed by atoms with van der Waals surface area (Å²) in [7, 11) is 1.38. The van der Waals surface area contributed by atoms with Crippen LogP contribution in [0.15, 0.2) is 0 Å². The van der Waals surface area contributed by atoms with Gasteiger partial charge in [0, 0.05) is 10.2 Å². The highest BCUT2D eigenvalue weighted by atomic mass is 28.1. The average molecular weight is 156 g/mol. The maximum atomic E-state index is 5.56. The van der Waals surface area contributed by atoms with E-state index in [-0.39, 0.29) is 0 Å². The highest BCUT2D eigenvalue weighted by Gasteiger charge is 2.46. The SMILES string of the molecule is [SiH3]CCC1CCCC2OC12. The van der Waals surface area contributed by atoms with Crippen LogP contribution in [0.1, 0.15) is 25.7 Å². The maximum Gasteiger partial charge on any atom is 0.0869 e. The molecule has 0 aromatic carbocycles. The Morgan fingerprint density at radius 3 is 3.10 bits per heavy atom. The molecule has 1 nitrogen and oxygen atoms in total. The molecule has 0 aromatic heterocycles. The van der Waals surface area contributed by atoms with Crippen LogP contribution in [0, 0.1) is 5.92 Å². The number of fused-ring (bicyclic) bond motifs is 1. The molecule has 2 aliphatic rings. The van der Waals surface area contributed by atoms with E-state index in [0.717, 1.165) is 5.92 Å². The standard InChI is InChI=1S/C8H16OSi/c10-5-4-6-2-1-3-7-8(6)9-7/h6-8H,1-5H2,10H3. The molecule has 0 spiro atoms. The van der Waals surface area contributed by atoms with Gasteiger partial charge < -0.3 is 4.74 Å². The molecular weight excluding hydrogens is 140 g/mol. The molecule has 58 valence electrons. The van der Waals surface area contributed by atoms with E-state index in [4.69, 9.17) is 4.74 Å². The van der Waals surface area contributed by atoms with E-state index in [2.05, 4.69) is 0 Å². The molecule has 1 aliphatic carbocycles. The number of epoxide rings is 1. The van der Waals surface area contributed by atoms with Gasteiger partial charge in [0.1, 0.15) is 0 Å². The summed E-state index contributed by atoms with van der Waals surface area (Å²) >= 11 is 0. The van der Waals surface area contributed by atoms with E-state index in [9.17, 15) is 0 Å². The lowest BCUT2D eigenvalue weighted by Gasteiger charge is -2.16. The van der Waals surface area contributed by atoms with Crippen molar-refractivity contribution in [3.8, 4) is 0 Å². The van der Waals surface area contributed by atoms with Gasteiger partial charge in [0.05, 0.1) is 12.2 Å². The predicted molar refractivity (Wildman–Crippen MR) is 45.4 cm³/mol. The minimum Gasteiger partial charge on any atom is -0.369 e. The Morgan fingerprint density at radius 2 is 2.30 bits per heavy atom. The van der Waals surface area contributed by atoms with Gasteiger partial charge in [-0.25, -0.2) is 0 Å². The molecule has 0 radical (unpaired) electrons. The van der Waals surface area contributed by atoms with Gasteiger partial charge in [-0.05, 0) is 18.8 Å². The fourth-order valence-electron chi connectivity index (χ4n) is 2.23. The number of hydrogen-bond donors (Lipinski definition) is 0. The lowest BCUT2D eigenvalue weighted by Crippen LogP contribution is -2.15. The Kier molecular flexibility index (Phi) is 1.83. The van der Waals surface area contributed by atoms with Gasteiger partial charge in [-0.1, -0.05) is 18.9 Å². The van der Waals surface area contributed by atoms with E-state index in [0.29, 0.717) is 12.2 Å². The highest BCUT2D eigenvalue weighted by Crippen LogP contribution is 2.42. The van der Waals surface area contributed by atoms with Crippen molar-refractivity contribution in [3.05, 3.63) is 0 Å². The fraction of sp³-hybridized carbons (Fsp3) is 1.00. The van der Waals surface area contributed by atoms with Gasteiger partial charge in [0.2, 0.25) is 0 Å². The molecule has 0 bridgehead atoms. The molecule has 2 heteroatoms. The van der Waals surface area contributed by atoms with Crippen molar-refractivity contribution in [2.75, 3.05) is 0 Å². The van der Waals surface area contributed by atoms with E-state index in [1.165, 1.54) is 42.0 Å². The summed E-state index contributed by atoms with van der Waals surface area (Å²) in [5.41, 5.74) is 0. The minimum absolute atomic E-state index is 0.701. The Hall–Kier alpha value is 0.177. The van der Waals surface area contributed by atoms with Crippen molar-refractivity contribution in [2.45, 2.75) is 43.9 Å². The zero-order chi connectivity index (χ0) is 6.97. The third-order valence-electron chi connectivity index (χ3n) is 2.81. The van der Waals surface area contributed by atoms with Gasteiger partial charge in [-0.15, -0.1) is 0 Å². The Bertz CT molecular complexity index is 124. The molecule has 1 heterocycles. The second kappa shape index (κ2) is 2.66. The van der Waals surface area contributed by atoms with Crippen LogP contribution in [0.25, 0.3) is 0 Å². The van der Waals surface area contributed by atoms with E-state index in [1.807, 2.05) is 0 Å². The Balaban J connectivity index is 1.84. The molecule has 10 heavy (non-hydrogen) atoms. The minimum atomic E-state index is 0.701. The summed E-state index contributed by atoms with van der Waals surface area (Å²) < 4.78 is 5.56. The number of rotatable bonds is 2. The zero-order valence-corrected chi connectivity index (χ0v) is 8.68. The molecule has 1 aliphatic heterocycles. The topological polar surface area (TPSA) is 12.5 Å². The molecule has 0 amide bonds. The first kappa shape index (κ1) is 6.86. The van der Waals surface area contributed by atoms with Crippen molar-refractivity contribution in [1.29, 1.82) is 0 Å². The molecule has 0 aromatic rings. The van der Waals surface area contributed by atoms with Crippen LogP contribution in [0.3, 0.4) is 0 Å². The fourth-order valence-corrected chi connectivity index (χ4v) is 2.97. The summed E-state index contributed by atoms with van der Waals surface area (Å²) in [6.45, 7) is 0. The van der Waals surface area contributed by atoms with Crippen molar-refractivity contribution < 1.29 is 4.74 Å². The molecule has 2 fully saturated rings. The quantitative estimate of drug-likeness (QED) is 0.424. The second-order valence-corrected chi connectivity index (χ2v) is 4.62. The largest absolute Gasteiger partial charge is 0.369 e. The summed E-state index contributed by atoms with van der Waals surface area (Å²) in [4.78, 5) is 0. The predicted octanol–water partition coefficient (Wildman–Crippen LogP) is 0.728. The summed E-state index contributed by atoms with van der Waals surface area (Å²) in [5, 5.41) is 0. The first-order chi connectivity index (χ1) is 4.92. The number of ether oxygens (including phenoxy) is 1. The van der Waals surface area contributed by atoms with Gasteiger partial charge in [0.25, 0.3) is 0 Å². The second-order valence-electron chi connectivity index (χ2n) is 3.62. The van der Waals surface area contributed by atoms with E-state index in [1.54, 1.807) is 0 Å². The van der Waals surface area contributed by atoms with Crippen LogP contribution in [0.4, 0.5) is 0 Å². The molecule has 1 saturated carbocycles. The molecule has 3 unspecified atom stereocenters. The van der Waals surface area contributed by atoms with Crippen LogP contribution in [0.2, 0.25) is 6.04 Å². The van der Waals surface area contributed by atoms with Crippen molar-refractivity contribution in [1.82, 2.24) is 0 Å². The number of hydrogen-bond acceptors (Lipinski definition) is 1. The van der Waals surface area contributed by atoms with Crippen LogP contribution >= 0.6 is 0 Å². The average Bonchev–Trinajstić information content (AvgIpc) is 2.67. The van der Waals surface area contributed by atoms with Gasteiger partial charge >= 0.3 is 0 Å². The van der Waals surface area contributed by atoms with Crippen LogP contribution in [-0.4, -0.2) is 22.5 Å². The van der Waals surface area contributed by atoms with Crippen LogP contribution in [0.5, 0.6) is 0 Å². The van der Waals surface area contributed by atoms with Crippen molar-refractivity contribution in [3.63, 3.8) is 0 Å². The van der Waals surface area contributed by atoms with Crippen molar-refractivity contribution >= 4 is 10.2 Å². The Labute approximate surface area is 65.6 Å². The van der Waals surface area contributed by atoms with Gasteiger partial charge in [-0.3, -0.25) is 0 Å². The van der Waals surface area contributed by atoms with Gasteiger partial charge in [0.15, 0.2) is 0 Å². The maximum absolute atomic E-state index is 5.56. The van der Waals surface area contributed by atoms with E-state index >= 15 is 0 Å². The van der Waals surface area contributed by atoms with E-state index < -0.39 is 0 Å². The summed E-state index contributed by atoms with van der Waals surface area (Å²) in [6, 6.07) is 1.47. The highest BCUT2D eigenvalue weighted by molar-refractivity contribution is 6.08. The lowest BCUT2D eigenvalue weighted by atomic mass is 9.87. The van der Waals surface area contributed by atoms with Crippen molar-refractivity contribution in [2.24, 2.45) is 5.92 Å². The molecule has 2 rings (SSSR count). The monoisotopic (exact) mass is 156 g/mol. The zero-order valence-electron chi connectivity index (χ0n) is 6.68. The molecule has 1 saturated heterocycles. The Morgan fingerprint density at radius 1 is 1.40 bits per heavy atom. The van der Waals surface area contributed by atoms with Gasteiger partial charge in [-0.2, -0.15) is 0 Å². The lowest BCUT2D eigenvalue weighted by molar-refractivity contribution is 0.315. The third kappa shape index (κ3) is 1.15. The van der Waals surface area contributed by atoms with Crippen LogP contribution in [-0.2, 0) is 4.74 Å². The first-order valence-corrected chi connectivity index (χ1v) is 5.98. The normalized spacial score (nSPS) is 45.0. The molecule has 0 N–H and O–H groups in total. The summed E-state index contributed by atoms with van der Waals surface area (Å²) in [5.74, 6) is 0.955. The third-order valence-corrected chi connectivity index (χ3v) is 3.39. The summed E-state index contributed by atoms with van der Waals surface area (Å²) in [6.07, 6.45) is 7.08. The molecule has 3 atom stereocenters. The van der Waals surface area contributed by atoms with Crippen LogP contribution < -0.4 is 0 Å².